The van der Waals surface area contributed by atoms with Crippen LogP contribution in [-0.4, -0.2) is 34.4 Å². The summed E-state index contributed by atoms with van der Waals surface area (Å²) in [7, 11) is -9.65. The van der Waals surface area contributed by atoms with E-state index in [-0.39, 0.29) is 27.5 Å². The van der Waals surface area contributed by atoms with Crippen molar-refractivity contribution in [3.05, 3.63) is 59.2 Å². The zero-order valence-electron chi connectivity index (χ0n) is 14.4. The summed E-state index contributed by atoms with van der Waals surface area (Å²) in [5.74, 6) is -0.953. The predicted molar refractivity (Wildman–Crippen MR) is 101 cm³/mol. The number of para-hydroxylation sites is 1. The molecular weight excluding hydrogens is 430 g/mol. The van der Waals surface area contributed by atoms with Gasteiger partial charge in [-0.05, 0) is 31.2 Å². The summed E-state index contributed by atoms with van der Waals surface area (Å²) in [6.07, 6.45) is 1.12. The van der Waals surface area contributed by atoms with E-state index >= 15 is 0 Å². The van der Waals surface area contributed by atoms with Crippen molar-refractivity contribution in [3.8, 4) is 0 Å². The number of aromatic amines is 1. The van der Waals surface area contributed by atoms with Crippen molar-refractivity contribution >= 4 is 48.7 Å². The molecule has 148 valence electrons. The third-order valence-electron chi connectivity index (χ3n) is 3.71. The molecule has 1 aromatic heterocycles. The summed E-state index contributed by atoms with van der Waals surface area (Å²) in [6, 6.07) is 9.73. The number of fused-ring (bicyclic) bond motifs is 1. The highest BCUT2D eigenvalue weighted by molar-refractivity contribution is 8.00. The lowest BCUT2D eigenvalue weighted by molar-refractivity contribution is 0.0521. The van der Waals surface area contributed by atoms with E-state index in [2.05, 4.69) is 8.61 Å². The molecule has 28 heavy (non-hydrogen) atoms. The quantitative estimate of drug-likeness (QED) is 0.581. The van der Waals surface area contributed by atoms with E-state index in [0.29, 0.717) is 5.52 Å². The Bertz CT molecular complexity index is 1260. The lowest BCUT2D eigenvalue weighted by atomic mass is 10.2. The van der Waals surface area contributed by atoms with Crippen LogP contribution in [-0.2, 0) is 28.6 Å². The molecule has 0 aliphatic carbocycles. The minimum atomic E-state index is -4.92. The minimum Gasteiger partial charge on any atom is -0.462 e. The molecule has 1 N–H and O–H groups in total. The first-order chi connectivity index (χ1) is 13.2. The number of rotatable bonds is 6. The van der Waals surface area contributed by atoms with Gasteiger partial charge in [-0.1, -0.05) is 29.8 Å². The molecule has 8 nitrogen and oxygen atoms in total. The van der Waals surface area contributed by atoms with Gasteiger partial charge in [-0.3, -0.25) is 0 Å². The number of carbonyl (C=O) groups is 1. The summed E-state index contributed by atoms with van der Waals surface area (Å²) in [5, 5.41) is 0.231. The summed E-state index contributed by atoms with van der Waals surface area (Å²) in [5.41, 5.74) is 0.0948. The second-order valence-electron chi connectivity index (χ2n) is 5.54. The van der Waals surface area contributed by atoms with E-state index in [1.54, 1.807) is 25.1 Å². The van der Waals surface area contributed by atoms with E-state index in [1.807, 2.05) is 0 Å². The number of esters is 1. The van der Waals surface area contributed by atoms with E-state index < -0.39 is 31.1 Å². The first kappa shape index (κ1) is 20.3. The average molecular weight is 444 g/mol. The Labute approximate surface area is 166 Å². The fourth-order valence-corrected chi connectivity index (χ4v) is 5.63. The number of benzene rings is 2. The van der Waals surface area contributed by atoms with Crippen LogP contribution in [0.5, 0.6) is 0 Å². The monoisotopic (exact) mass is 443 g/mol. The van der Waals surface area contributed by atoms with Gasteiger partial charge in [-0.2, -0.15) is 16.8 Å². The Morgan fingerprint density at radius 2 is 1.71 bits per heavy atom. The standard InChI is InChI=1S/C17H14ClNO7S2/c1-2-25-17(20)13-8-7-11(18)9-15(13)27(21,22)26-28(23,24)16-10-19-14-6-4-3-5-12(14)16/h3-10,19H,2H2,1H3. The first-order valence-electron chi connectivity index (χ1n) is 7.89. The van der Waals surface area contributed by atoms with Crippen molar-refractivity contribution in [1.82, 2.24) is 4.98 Å². The molecule has 0 spiro atoms. The molecule has 0 saturated carbocycles. The number of hydrogen-bond donors (Lipinski definition) is 1. The maximum absolute atomic E-state index is 12.7. The lowest BCUT2D eigenvalue weighted by Crippen LogP contribution is -2.18. The molecule has 0 aliphatic rings. The number of ether oxygens (including phenoxy) is 1. The molecule has 0 radical (unpaired) electrons. The number of halogens is 1. The van der Waals surface area contributed by atoms with E-state index in [4.69, 9.17) is 16.3 Å². The maximum Gasteiger partial charge on any atom is 0.339 e. The molecule has 2 aromatic carbocycles. The van der Waals surface area contributed by atoms with E-state index in [0.717, 1.165) is 18.3 Å². The van der Waals surface area contributed by atoms with Crippen molar-refractivity contribution < 1.29 is 30.0 Å². The summed E-state index contributed by atoms with van der Waals surface area (Å²) >= 11 is 5.83. The van der Waals surface area contributed by atoms with Gasteiger partial charge in [0.25, 0.3) is 0 Å². The van der Waals surface area contributed by atoms with Crippen molar-refractivity contribution in [2.75, 3.05) is 6.61 Å². The third kappa shape index (κ3) is 3.90. The molecule has 0 fully saturated rings. The second kappa shape index (κ2) is 7.55. The first-order valence-corrected chi connectivity index (χ1v) is 11.1. The van der Waals surface area contributed by atoms with Crippen LogP contribution in [0.4, 0.5) is 0 Å². The highest BCUT2D eigenvalue weighted by Crippen LogP contribution is 2.29. The average Bonchev–Trinajstić information content (AvgIpc) is 3.06. The molecule has 0 amide bonds. The van der Waals surface area contributed by atoms with Gasteiger partial charge in [0.2, 0.25) is 0 Å². The van der Waals surface area contributed by atoms with Gasteiger partial charge in [-0.15, -0.1) is 3.63 Å². The van der Waals surface area contributed by atoms with Crippen LogP contribution in [0.2, 0.25) is 5.02 Å². The van der Waals surface area contributed by atoms with Gasteiger partial charge >= 0.3 is 26.2 Å². The summed E-state index contributed by atoms with van der Waals surface area (Å²) in [4.78, 5) is 13.7. The SMILES string of the molecule is CCOC(=O)c1ccc(Cl)cc1S(=O)(=O)OS(=O)(=O)c1c[nH]c2ccccc12. The fraction of sp³-hybridized carbons (Fsp3) is 0.118. The van der Waals surface area contributed by atoms with Crippen molar-refractivity contribution in [2.45, 2.75) is 16.7 Å². The van der Waals surface area contributed by atoms with Crippen LogP contribution >= 0.6 is 11.6 Å². The molecule has 3 aromatic rings. The van der Waals surface area contributed by atoms with Crippen LogP contribution < -0.4 is 0 Å². The van der Waals surface area contributed by atoms with Crippen molar-refractivity contribution in [2.24, 2.45) is 0 Å². The molecule has 0 atom stereocenters. The number of H-pyrrole nitrogens is 1. The predicted octanol–water partition coefficient (Wildman–Crippen LogP) is 3.09. The summed E-state index contributed by atoms with van der Waals surface area (Å²) < 4.78 is 60.0. The Morgan fingerprint density at radius 3 is 2.43 bits per heavy atom. The molecular formula is C17H14ClNO7S2. The van der Waals surface area contributed by atoms with Crippen molar-refractivity contribution in [1.29, 1.82) is 0 Å². The van der Waals surface area contributed by atoms with Gasteiger partial charge in [-0.25, -0.2) is 4.79 Å². The van der Waals surface area contributed by atoms with Crippen molar-refractivity contribution in [3.63, 3.8) is 0 Å². The lowest BCUT2D eigenvalue weighted by Gasteiger charge is -2.10. The normalized spacial score (nSPS) is 12.2. The van der Waals surface area contributed by atoms with Crippen LogP contribution in [0, 0.1) is 0 Å². The third-order valence-corrected chi connectivity index (χ3v) is 7.13. The van der Waals surface area contributed by atoms with Gasteiger partial charge in [0.05, 0.1) is 12.2 Å². The number of carbonyl (C=O) groups excluding carboxylic acids is 1. The molecule has 1 heterocycles. The Morgan fingerprint density at radius 1 is 1.04 bits per heavy atom. The molecule has 0 aliphatic heterocycles. The van der Waals surface area contributed by atoms with Crippen LogP contribution in [0.3, 0.4) is 0 Å². The minimum absolute atomic E-state index is 0.00452. The highest BCUT2D eigenvalue weighted by Gasteiger charge is 2.32. The maximum atomic E-state index is 12.7. The van der Waals surface area contributed by atoms with E-state index in [1.165, 1.54) is 12.1 Å². The Hall–Kier alpha value is -2.40. The largest absolute Gasteiger partial charge is 0.462 e. The highest BCUT2D eigenvalue weighted by atomic mass is 35.5. The fourth-order valence-electron chi connectivity index (χ4n) is 2.52. The zero-order valence-corrected chi connectivity index (χ0v) is 16.8. The Balaban J connectivity index is 2.07. The molecule has 0 bridgehead atoms. The van der Waals surface area contributed by atoms with Gasteiger partial charge < -0.3 is 9.72 Å². The van der Waals surface area contributed by atoms with Gasteiger partial charge in [0.1, 0.15) is 9.79 Å². The smallest absolute Gasteiger partial charge is 0.339 e. The topological polar surface area (TPSA) is 120 Å². The molecule has 0 unspecified atom stereocenters. The molecule has 3 rings (SSSR count). The number of nitrogens with one attached hydrogen (secondary N) is 1. The van der Waals surface area contributed by atoms with Crippen LogP contribution in [0.25, 0.3) is 10.9 Å². The molecule has 11 heteroatoms. The van der Waals surface area contributed by atoms with E-state index in [9.17, 15) is 21.6 Å². The number of aromatic nitrogens is 1. The second-order valence-corrected chi connectivity index (χ2v) is 9.21. The van der Waals surface area contributed by atoms with Crippen LogP contribution in [0.15, 0.2) is 58.5 Å². The Kier molecular flexibility index (Phi) is 5.48. The number of hydrogen-bond acceptors (Lipinski definition) is 7. The zero-order chi connectivity index (χ0) is 20.5. The van der Waals surface area contributed by atoms with Crippen LogP contribution in [0.1, 0.15) is 17.3 Å². The summed E-state index contributed by atoms with van der Waals surface area (Å²) in [6.45, 7) is 1.54. The van der Waals surface area contributed by atoms with Gasteiger partial charge in [0, 0.05) is 22.1 Å². The van der Waals surface area contributed by atoms with Gasteiger partial charge in [0.15, 0.2) is 0 Å². The molecule has 0 saturated heterocycles.